The number of carbonyl (C=O) groups excluding carboxylic acids is 3. The van der Waals surface area contributed by atoms with Gasteiger partial charge in [-0.1, -0.05) is 40.5 Å². The number of rotatable bonds is 17. The molecule has 0 saturated carbocycles. The smallest absolute Gasteiger partial charge is 0.326 e. The molecule has 5 unspecified atom stereocenters. The number of nitrogens with one attached hydrogen (secondary N) is 3. The molecule has 12 heteroatoms. The van der Waals surface area contributed by atoms with Gasteiger partial charge in [0.1, 0.15) is 18.1 Å². The summed E-state index contributed by atoms with van der Waals surface area (Å²) < 4.78 is 0. The Balaban J connectivity index is 5.40. The van der Waals surface area contributed by atoms with Gasteiger partial charge in [-0.2, -0.15) is 0 Å². The van der Waals surface area contributed by atoms with Crippen LogP contribution in [0.4, 0.5) is 0 Å². The van der Waals surface area contributed by atoms with Crippen LogP contribution < -0.4 is 27.4 Å². The number of carboxylic acid groups (broad SMARTS) is 2. The lowest BCUT2D eigenvalue weighted by Crippen LogP contribution is -2.59. The van der Waals surface area contributed by atoms with Crippen LogP contribution in [0.2, 0.25) is 0 Å². The molecule has 3 amide bonds. The molecule has 0 bridgehead atoms. The molecule has 0 saturated heterocycles. The van der Waals surface area contributed by atoms with E-state index in [2.05, 4.69) is 16.0 Å². The first kappa shape index (κ1) is 31.3. The Hall–Kier alpha value is -2.73. The van der Waals surface area contributed by atoms with E-state index in [0.717, 1.165) is 6.42 Å². The molecule has 0 spiro atoms. The maximum atomic E-state index is 13.0. The summed E-state index contributed by atoms with van der Waals surface area (Å²) in [5, 5.41) is 25.7. The highest BCUT2D eigenvalue weighted by Gasteiger charge is 2.33. The Kier molecular flexibility index (Phi) is 14.7. The summed E-state index contributed by atoms with van der Waals surface area (Å²) in [7, 11) is 0. The number of unbranched alkanes of at least 4 members (excludes halogenated alkanes) is 1. The normalized spacial score (nSPS) is 15.5. The fourth-order valence-corrected chi connectivity index (χ4v) is 3.17. The van der Waals surface area contributed by atoms with E-state index >= 15 is 0 Å². The average molecular weight is 488 g/mol. The molecule has 196 valence electrons. The number of hydrogen-bond donors (Lipinski definition) is 7. The summed E-state index contributed by atoms with van der Waals surface area (Å²) in [5.74, 6) is -5.08. The van der Waals surface area contributed by atoms with Crippen LogP contribution in [-0.2, 0) is 24.0 Å². The molecule has 0 aliphatic rings. The fraction of sp³-hybridized carbons (Fsp3) is 0.773. The summed E-state index contributed by atoms with van der Waals surface area (Å²) in [6, 6.07) is -4.27. The van der Waals surface area contributed by atoms with Crippen molar-refractivity contribution in [2.24, 2.45) is 23.3 Å². The Labute approximate surface area is 200 Å². The van der Waals surface area contributed by atoms with Crippen LogP contribution >= 0.6 is 0 Å². The standard InChI is InChI=1S/C22H41N5O7/c1-5-13(4)18(21(32)25-15(22(33)34)9-10-16(28)29)27-20(31)17(12(2)3)26-19(30)14(24)8-6-7-11-23/h12-15,17-18H,5-11,23-24H2,1-4H3,(H,25,32)(H,26,30)(H,27,31)(H,28,29)(H,33,34). The molecule has 0 heterocycles. The molecule has 12 nitrogen and oxygen atoms in total. The van der Waals surface area contributed by atoms with Gasteiger partial charge in [0, 0.05) is 6.42 Å². The van der Waals surface area contributed by atoms with E-state index in [0.29, 0.717) is 25.8 Å². The summed E-state index contributed by atoms with van der Waals surface area (Å²) >= 11 is 0. The summed E-state index contributed by atoms with van der Waals surface area (Å²) in [6.07, 6.45) is 1.57. The molecule has 0 fully saturated rings. The van der Waals surface area contributed by atoms with Crippen molar-refractivity contribution in [3.8, 4) is 0 Å². The summed E-state index contributed by atoms with van der Waals surface area (Å²) in [5.41, 5.74) is 11.4. The van der Waals surface area contributed by atoms with Crippen LogP contribution in [0.3, 0.4) is 0 Å². The number of carboxylic acids is 2. The molecule has 5 atom stereocenters. The lowest BCUT2D eigenvalue weighted by Gasteiger charge is -2.29. The van der Waals surface area contributed by atoms with Crippen LogP contribution in [-0.4, -0.2) is 70.6 Å². The molecule has 0 aliphatic heterocycles. The fourth-order valence-electron chi connectivity index (χ4n) is 3.17. The van der Waals surface area contributed by atoms with Crippen LogP contribution in [0.15, 0.2) is 0 Å². The SMILES string of the molecule is CCC(C)C(NC(=O)C(NC(=O)C(N)CCCCN)C(C)C)C(=O)NC(CCC(=O)O)C(=O)O. The lowest BCUT2D eigenvalue weighted by molar-refractivity contribution is -0.143. The van der Waals surface area contributed by atoms with E-state index in [1.54, 1.807) is 27.7 Å². The van der Waals surface area contributed by atoms with Gasteiger partial charge in [0.25, 0.3) is 0 Å². The predicted octanol–water partition coefficient (Wildman–Crippen LogP) is -0.451. The van der Waals surface area contributed by atoms with E-state index in [1.807, 2.05) is 0 Å². The van der Waals surface area contributed by atoms with E-state index in [-0.39, 0.29) is 18.3 Å². The maximum absolute atomic E-state index is 13.0. The van der Waals surface area contributed by atoms with Gasteiger partial charge in [0.2, 0.25) is 17.7 Å². The molecular weight excluding hydrogens is 446 g/mol. The highest BCUT2D eigenvalue weighted by atomic mass is 16.4. The molecular formula is C22H41N5O7. The molecule has 0 aliphatic carbocycles. The largest absolute Gasteiger partial charge is 0.481 e. The van der Waals surface area contributed by atoms with E-state index in [4.69, 9.17) is 16.6 Å². The van der Waals surface area contributed by atoms with Gasteiger partial charge in [-0.15, -0.1) is 0 Å². The van der Waals surface area contributed by atoms with Crippen LogP contribution in [0.5, 0.6) is 0 Å². The van der Waals surface area contributed by atoms with Crippen molar-refractivity contribution in [1.82, 2.24) is 16.0 Å². The summed E-state index contributed by atoms with van der Waals surface area (Å²) in [4.78, 5) is 60.6. The summed E-state index contributed by atoms with van der Waals surface area (Å²) in [6.45, 7) is 7.47. The minimum Gasteiger partial charge on any atom is -0.481 e. The molecule has 9 N–H and O–H groups in total. The van der Waals surface area contributed by atoms with E-state index in [1.165, 1.54) is 0 Å². The molecule has 0 radical (unpaired) electrons. The average Bonchev–Trinajstić information content (AvgIpc) is 2.76. The second-order valence-electron chi connectivity index (χ2n) is 8.82. The minimum absolute atomic E-state index is 0.301. The van der Waals surface area contributed by atoms with E-state index < -0.39 is 60.2 Å². The van der Waals surface area contributed by atoms with Gasteiger partial charge < -0.3 is 37.6 Å². The van der Waals surface area contributed by atoms with Gasteiger partial charge in [0.15, 0.2) is 0 Å². The van der Waals surface area contributed by atoms with Crippen molar-refractivity contribution in [1.29, 1.82) is 0 Å². The second kappa shape index (κ2) is 16.0. The molecule has 34 heavy (non-hydrogen) atoms. The van der Waals surface area contributed by atoms with Crippen molar-refractivity contribution >= 4 is 29.7 Å². The monoisotopic (exact) mass is 487 g/mol. The first-order valence-corrected chi connectivity index (χ1v) is 11.7. The van der Waals surface area contributed by atoms with Crippen molar-refractivity contribution in [3.05, 3.63) is 0 Å². The first-order chi connectivity index (χ1) is 15.8. The number of hydrogen-bond acceptors (Lipinski definition) is 7. The maximum Gasteiger partial charge on any atom is 0.326 e. The zero-order chi connectivity index (χ0) is 26.4. The lowest BCUT2D eigenvalue weighted by atomic mass is 9.95. The van der Waals surface area contributed by atoms with Crippen LogP contribution in [0, 0.1) is 11.8 Å². The number of nitrogens with two attached hydrogens (primary N) is 2. The third kappa shape index (κ3) is 11.4. The van der Waals surface area contributed by atoms with Crippen molar-refractivity contribution in [3.63, 3.8) is 0 Å². The topological polar surface area (TPSA) is 214 Å². The Morgan fingerprint density at radius 2 is 1.38 bits per heavy atom. The quantitative estimate of drug-likeness (QED) is 0.132. The Morgan fingerprint density at radius 1 is 0.824 bits per heavy atom. The highest BCUT2D eigenvalue weighted by molar-refractivity contribution is 5.94. The number of carbonyl (C=O) groups is 5. The second-order valence-corrected chi connectivity index (χ2v) is 8.82. The minimum atomic E-state index is -1.42. The third-order valence-corrected chi connectivity index (χ3v) is 5.61. The molecule has 0 rings (SSSR count). The zero-order valence-electron chi connectivity index (χ0n) is 20.5. The number of amides is 3. The zero-order valence-corrected chi connectivity index (χ0v) is 20.5. The van der Waals surface area contributed by atoms with Crippen molar-refractivity contribution < 1.29 is 34.2 Å². The highest BCUT2D eigenvalue weighted by Crippen LogP contribution is 2.12. The Morgan fingerprint density at radius 3 is 1.85 bits per heavy atom. The van der Waals surface area contributed by atoms with Gasteiger partial charge >= 0.3 is 11.9 Å². The van der Waals surface area contributed by atoms with Crippen molar-refractivity contribution in [2.75, 3.05) is 6.54 Å². The Bertz CT molecular complexity index is 701. The van der Waals surface area contributed by atoms with Crippen molar-refractivity contribution in [2.45, 2.75) is 90.4 Å². The van der Waals surface area contributed by atoms with Gasteiger partial charge in [-0.3, -0.25) is 19.2 Å². The van der Waals surface area contributed by atoms with Gasteiger partial charge in [0.05, 0.1) is 6.04 Å². The molecule has 0 aromatic heterocycles. The van der Waals surface area contributed by atoms with E-state index in [9.17, 15) is 29.1 Å². The first-order valence-electron chi connectivity index (χ1n) is 11.7. The number of aliphatic carboxylic acids is 2. The van der Waals surface area contributed by atoms with Gasteiger partial charge in [-0.25, -0.2) is 4.79 Å². The molecule has 0 aromatic rings. The van der Waals surface area contributed by atoms with Gasteiger partial charge in [-0.05, 0) is 37.6 Å². The molecule has 0 aromatic carbocycles. The predicted molar refractivity (Wildman–Crippen MR) is 125 cm³/mol. The third-order valence-electron chi connectivity index (χ3n) is 5.61. The van der Waals surface area contributed by atoms with Crippen LogP contribution in [0.25, 0.3) is 0 Å². The van der Waals surface area contributed by atoms with Crippen LogP contribution in [0.1, 0.15) is 66.2 Å².